The van der Waals surface area contributed by atoms with Crippen LogP contribution in [0.25, 0.3) is 11.1 Å². The van der Waals surface area contributed by atoms with Crippen LogP contribution < -0.4 is 15.0 Å². The first-order chi connectivity index (χ1) is 11.2. The van der Waals surface area contributed by atoms with E-state index >= 15 is 0 Å². The second kappa shape index (κ2) is 4.99. The van der Waals surface area contributed by atoms with Crippen molar-refractivity contribution < 1.29 is 27.0 Å². The molecule has 0 atom stereocenters. The summed E-state index contributed by atoms with van der Waals surface area (Å²) in [7, 11) is 0. The Morgan fingerprint density at radius 1 is 1.12 bits per heavy atom. The van der Waals surface area contributed by atoms with Crippen molar-refractivity contribution in [1.29, 1.82) is 5.26 Å². The molecule has 1 N–H and O–H groups in total. The minimum atomic E-state index is -4.90. The van der Waals surface area contributed by atoms with Crippen LogP contribution in [0.5, 0.6) is 11.5 Å². The largest absolute Gasteiger partial charge is 0.507 e. The van der Waals surface area contributed by atoms with Gasteiger partial charge in [-0.3, -0.25) is 4.79 Å². The van der Waals surface area contributed by atoms with Gasteiger partial charge in [0.2, 0.25) is 0 Å². The Balaban J connectivity index is 2.28. The van der Waals surface area contributed by atoms with Gasteiger partial charge in [0.25, 0.3) is 5.56 Å². The molecule has 9 heteroatoms. The second-order valence-corrected chi connectivity index (χ2v) is 5.05. The van der Waals surface area contributed by atoms with E-state index in [1.54, 1.807) is 6.07 Å². The van der Waals surface area contributed by atoms with E-state index < -0.39 is 29.3 Å². The van der Waals surface area contributed by atoms with Gasteiger partial charge in [-0.25, -0.2) is 0 Å². The summed E-state index contributed by atoms with van der Waals surface area (Å²) >= 11 is 0. The lowest BCUT2D eigenvalue weighted by molar-refractivity contribution is -0.391. The third-order valence-electron chi connectivity index (χ3n) is 3.36. The molecule has 24 heavy (non-hydrogen) atoms. The molecule has 5 nitrogen and oxygen atoms in total. The van der Waals surface area contributed by atoms with Crippen molar-refractivity contribution in [3.05, 3.63) is 45.9 Å². The molecule has 0 bridgehead atoms. The molecule has 1 aliphatic heterocycles. The molecule has 0 saturated carbocycles. The fourth-order valence-corrected chi connectivity index (χ4v) is 2.31. The van der Waals surface area contributed by atoms with Crippen molar-refractivity contribution in [2.75, 3.05) is 0 Å². The number of para-hydroxylation sites is 1. The highest BCUT2D eigenvalue weighted by atomic mass is 19.3. The third kappa shape index (κ3) is 2.27. The van der Waals surface area contributed by atoms with Crippen LogP contribution in [-0.4, -0.2) is 17.2 Å². The number of ether oxygens (including phenoxy) is 2. The molecule has 0 fully saturated rings. The highest BCUT2D eigenvalue weighted by molar-refractivity contribution is 5.78. The number of fused-ring (bicyclic) bond motifs is 1. The zero-order chi connectivity index (χ0) is 17.7. The number of aromatic nitrogens is 1. The lowest BCUT2D eigenvalue weighted by Crippen LogP contribution is -2.52. The number of nitrogens with zero attached hydrogens (tertiary/aromatic N) is 1. The van der Waals surface area contributed by atoms with Gasteiger partial charge in [-0.1, -0.05) is 12.1 Å². The lowest BCUT2D eigenvalue weighted by atomic mass is 9.99. The van der Waals surface area contributed by atoms with E-state index in [-0.39, 0.29) is 16.7 Å². The maximum absolute atomic E-state index is 13.5. The summed E-state index contributed by atoms with van der Waals surface area (Å²) in [4.78, 5) is 14.2. The van der Waals surface area contributed by atoms with Crippen LogP contribution in [0.2, 0.25) is 0 Å². The second-order valence-electron chi connectivity index (χ2n) is 5.05. The van der Waals surface area contributed by atoms with Gasteiger partial charge in [-0.05, 0) is 19.1 Å². The summed E-state index contributed by atoms with van der Waals surface area (Å²) < 4.78 is 61.7. The first-order valence-corrected chi connectivity index (χ1v) is 6.57. The van der Waals surface area contributed by atoms with Crippen molar-refractivity contribution in [1.82, 2.24) is 4.98 Å². The van der Waals surface area contributed by atoms with Crippen LogP contribution in [0.15, 0.2) is 29.1 Å². The molecule has 2 aromatic rings. The van der Waals surface area contributed by atoms with Crippen molar-refractivity contribution >= 4 is 0 Å². The SMILES string of the molecule is Cc1cc(-c2cccc3c2OC(F)(F)C(F)(F)O3)c(C#N)c(=O)[nH]1. The highest BCUT2D eigenvalue weighted by Crippen LogP contribution is 2.50. The predicted octanol–water partition coefficient (Wildman–Crippen LogP) is 3.18. The Bertz CT molecular complexity index is 931. The Labute approximate surface area is 132 Å². The van der Waals surface area contributed by atoms with Crippen LogP contribution in [0.4, 0.5) is 17.6 Å². The van der Waals surface area contributed by atoms with Crippen molar-refractivity contribution in [2.24, 2.45) is 0 Å². The molecular formula is C15H8F4N2O3. The van der Waals surface area contributed by atoms with E-state index in [1.807, 2.05) is 0 Å². The van der Waals surface area contributed by atoms with Gasteiger partial charge in [-0.2, -0.15) is 22.8 Å². The molecule has 0 amide bonds. The van der Waals surface area contributed by atoms with Crippen molar-refractivity contribution in [3.8, 4) is 28.7 Å². The van der Waals surface area contributed by atoms with Gasteiger partial charge in [0, 0.05) is 16.8 Å². The molecule has 1 aromatic carbocycles. The maximum atomic E-state index is 13.5. The first kappa shape index (κ1) is 15.9. The van der Waals surface area contributed by atoms with Gasteiger partial charge in [0.05, 0.1) is 0 Å². The molecule has 124 valence electrons. The van der Waals surface area contributed by atoms with E-state index in [0.29, 0.717) is 5.69 Å². The number of hydrogen-bond donors (Lipinski definition) is 1. The number of nitriles is 1. The Morgan fingerprint density at radius 3 is 2.46 bits per heavy atom. The normalized spacial score (nSPS) is 17.2. The number of pyridine rings is 1. The minimum absolute atomic E-state index is 0.0276. The number of benzene rings is 1. The Kier molecular flexibility index (Phi) is 3.30. The van der Waals surface area contributed by atoms with E-state index in [0.717, 1.165) is 6.07 Å². The molecule has 0 radical (unpaired) electrons. The smallest absolute Gasteiger partial charge is 0.421 e. The van der Waals surface area contributed by atoms with E-state index in [4.69, 9.17) is 5.26 Å². The van der Waals surface area contributed by atoms with Gasteiger partial charge in [0.15, 0.2) is 11.5 Å². The topological polar surface area (TPSA) is 75.1 Å². The monoisotopic (exact) mass is 340 g/mol. The third-order valence-corrected chi connectivity index (χ3v) is 3.36. The van der Waals surface area contributed by atoms with Gasteiger partial charge in [-0.15, -0.1) is 0 Å². The zero-order valence-corrected chi connectivity index (χ0v) is 12.0. The van der Waals surface area contributed by atoms with Crippen LogP contribution in [0.1, 0.15) is 11.3 Å². The number of aryl methyl sites for hydroxylation is 1. The summed E-state index contributed by atoms with van der Waals surface area (Å²) in [5.41, 5.74) is -0.911. The van der Waals surface area contributed by atoms with Gasteiger partial charge in [0.1, 0.15) is 11.6 Å². The molecule has 1 aliphatic rings. The summed E-state index contributed by atoms with van der Waals surface area (Å²) in [5, 5.41) is 9.13. The van der Waals surface area contributed by atoms with Crippen LogP contribution in [-0.2, 0) is 0 Å². The van der Waals surface area contributed by atoms with Crippen LogP contribution in [0, 0.1) is 18.3 Å². The van der Waals surface area contributed by atoms with Crippen LogP contribution in [0.3, 0.4) is 0 Å². The molecule has 0 unspecified atom stereocenters. The highest BCUT2D eigenvalue weighted by Gasteiger charge is 2.66. The number of aromatic amines is 1. The maximum Gasteiger partial charge on any atom is 0.507 e. The van der Waals surface area contributed by atoms with E-state index in [2.05, 4.69) is 14.5 Å². The number of hydrogen-bond acceptors (Lipinski definition) is 4. The quantitative estimate of drug-likeness (QED) is 0.809. The standard InChI is InChI=1S/C15H8F4N2O3/c1-7-5-9(10(6-20)13(22)21-7)8-3-2-4-11-12(8)24-15(18,19)14(16,17)23-11/h2-5H,1H3,(H,21,22). The summed E-state index contributed by atoms with van der Waals surface area (Å²) in [6.07, 6.45) is -9.75. The average molecular weight is 340 g/mol. The molecule has 0 saturated heterocycles. The minimum Gasteiger partial charge on any atom is -0.421 e. The fraction of sp³-hybridized carbons (Fsp3) is 0.200. The number of alkyl halides is 4. The number of halogens is 4. The molecule has 1 aromatic heterocycles. The fourth-order valence-electron chi connectivity index (χ4n) is 2.31. The first-order valence-electron chi connectivity index (χ1n) is 6.57. The van der Waals surface area contributed by atoms with Gasteiger partial charge < -0.3 is 14.5 Å². The Morgan fingerprint density at radius 2 is 1.79 bits per heavy atom. The molecule has 0 aliphatic carbocycles. The van der Waals surface area contributed by atoms with Crippen molar-refractivity contribution in [2.45, 2.75) is 19.1 Å². The summed E-state index contributed by atoms with van der Waals surface area (Å²) in [5.74, 6) is -1.29. The van der Waals surface area contributed by atoms with Crippen molar-refractivity contribution in [3.63, 3.8) is 0 Å². The molecule has 2 heterocycles. The molecule has 0 spiro atoms. The van der Waals surface area contributed by atoms with E-state index in [1.165, 1.54) is 25.1 Å². The Hall–Kier alpha value is -3.02. The lowest BCUT2D eigenvalue weighted by Gasteiger charge is -2.32. The van der Waals surface area contributed by atoms with E-state index in [9.17, 15) is 22.4 Å². The average Bonchev–Trinajstić information content (AvgIpc) is 2.46. The number of rotatable bonds is 1. The molecule has 3 rings (SSSR count). The number of nitrogens with one attached hydrogen (secondary N) is 1. The summed E-state index contributed by atoms with van der Waals surface area (Å²) in [6.45, 7) is 1.52. The molecular weight excluding hydrogens is 332 g/mol. The predicted molar refractivity (Wildman–Crippen MR) is 73.1 cm³/mol. The number of H-pyrrole nitrogens is 1. The summed E-state index contributed by atoms with van der Waals surface area (Å²) in [6, 6.07) is 6.55. The van der Waals surface area contributed by atoms with Gasteiger partial charge >= 0.3 is 12.2 Å². The van der Waals surface area contributed by atoms with Crippen LogP contribution >= 0.6 is 0 Å². The zero-order valence-electron chi connectivity index (χ0n) is 12.0.